The first kappa shape index (κ1) is 18.1. The Morgan fingerprint density at radius 2 is 2.10 bits per heavy atom. The third kappa shape index (κ3) is 5.73. The van der Waals surface area contributed by atoms with Crippen molar-refractivity contribution in [3.8, 4) is 5.75 Å². The van der Waals surface area contributed by atoms with Gasteiger partial charge in [-0.2, -0.15) is 0 Å². The van der Waals surface area contributed by atoms with E-state index in [9.17, 15) is 0 Å². The molecule has 0 aromatic heterocycles. The summed E-state index contributed by atoms with van der Waals surface area (Å²) in [6.07, 6.45) is 3.46. The molecule has 0 aliphatic carbocycles. The van der Waals surface area contributed by atoms with Gasteiger partial charge in [-0.15, -0.1) is 24.0 Å². The number of hydrogen-bond acceptors (Lipinski definition) is 2. The summed E-state index contributed by atoms with van der Waals surface area (Å²) in [4.78, 5) is 4.62. The standard InChI is InChI=1S/C16H25N3O.HI/c1-3-5-10-18-16(17-4-2)19-12-14-11-13-8-6-7-9-15(13)20-14;/h6-9,14H,3-5,10-12H2,1-2H3,(H2,17,18,19);1H. The molecule has 0 saturated heterocycles. The molecule has 5 heteroatoms. The molecule has 0 fully saturated rings. The summed E-state index contributed by atoms with van der Waals surface area (Å²) in [7, 11) is 0. The van der Waals surface area contributed by atoms with E-state index < -0.39 is 0 Å². The average Bonchev–Trinajstić information content (AvgIpc) is 2.87. The van der Waals surface area contributed by atoms with E-state index in [1.54, 1.807) is 0 Å². The Labute approximate surface area is 144 Å². The number of ether oxygens (including phenoxy) is 1. The van der Waals surface area contributed by atoms with Crippen molar-refractivity contribution in [2.24, 2.45) is 4.99 Å². The van der Waals surface area contributed by atoms with Crippen LogP contribution in [0.4, 0.5) is 0 Å². The molecule has 1 aliphatic rings. The summed E-state index contributed by atoms with van der Waals surface area (Å²) >= 11 is 0. The van der Waals surface area contributed by atoms with Crippen LogP contribution >= 0.6 is 24.0 Å². The molecule has 1 atom stereocenters. The van der Waals surface area contributed by atoms with Crippen molar-refractivity contribution in [1.82, 2.24) is 10.6 Å². The lowest BCUT2D eigenvalue weighted by atomic mass is 10.1. The van der Waals surface area contributed by atoms with Gasteiger partial charge >= 0.3 is 0 Å². The molecule has 0 saturated carbocycles. The average molecular weight is 403 g/mol. The van der Waals surface area contributed by atoms with Crippen molar-refractivity contribution in [3.05, 3.63) is 29.8 Å². The third-order valence-corrected chi connectivity index (χ3v) is 3.33. The number of aliphatic imine (C=N–C) groups is 1. The van der Waals surface area contributed by atoms with Crippen LogP contribution in [0.1, 0.15) is 32.3 Å². The minimum absolute atomic E-state index is 0. The lowest BCUT2D eigenvalue weighted by molar-refractivity contribution is 0.241. The van der Waals surface area contributed by atoms with Crippen LogP contribution in [0.15, 0.2) is 29.3 Å². The topological polar surface area (TPSA) is 45.7 Å². The van der Waals surface area contributed by atoms with E-state index in [4.69, 9.17) is 4.74 Å². The molecule has 1 aromatic rings. The maximum atomic E-state index is 5.90. The van der Waals surface area contributed by atoms with Gasteiger partial charge in [0.05, 0.1) is 6.54 Å². The van der Waals surface area contributed by atoms with E-state index >= 15 is 0 Å². The molecule has 0 spiro atoms. The number of nitrogens with zero attached hydrogens (tertiary/aromatic N) is 1. The highest BCUT2D eigenvalue weighted by Gasteiger charge is 2.21. The molecule has 1 heterocycles. The first-order valence-electron chi connectivity index (χ1n) is 7.60. The van der Waals surface area contributed by atoms with Crippen molar-refractivity contribution in [3.63, 3.8) is 0 Å². The largest absolute Gasteiger partial charge is 0.488 e. The van der Waals surface area contributed by atoms with Gasteiger partial charge in [0.2, 0.25) is 0 Å². The van der Waals surface area contributed by atoms with E-state index in [0.29, 0.717) is 6.54 Å². The first-order chi connectivity index (χ1) is 9.83. The van der Waals surface area contributed by atoms with Crippen LogP contribution in [-0.4, -0.2) is 31.7 Å². The summed E-state index contributed by atoms with van der Waals surface area (Å²) in [5.41, 5.74) is 1.29. The van der Waals surface area contributed by atoms with E-state index in [-0.39, 0.29) is 30.1 Å². The van der Waals surface area contributed by atoms with E-state index in [2.05, 4.69) is 41.6 Å². The number of para-hydroxylation sites is 1. The summed E-state index contributed by atoms with van der Waals surface area (Å²) in [5.74, 6) is 1.90. The number of benzene rings is 1. The van der Waals surface area contributed by atoms with Crippen LogP contribution in [0, 0.1) is 0 Å². The van der Waals surface area contributed by atoms with Crippen LogP contribution in [-0.2, 0) is 6.42 Å². The van der Waals surface area contributed by atoms with Gasteiger partial charge in [0.1, 0.15) is 11.9 Å². The maximum Gasteiger partial charge on any atom is 0.191 e. The van der Waals surface area contributed by atoms with Crippen molar-refractivity contribution in [1.29, 1.82) is 0 Å². The SMILES string of the molecule is CCCCNC(=NCC1Cc2ccccc2O1)NCC.I. The quantitative estimate of drug-likeness (QED) is 0.332. The molecule has 1 aliphatic heterocycles. The zero-order valence-electron chi connectivity index (χ0n) is 12.9. The van der Waals surface area contributed by atoms with Gasteiger partial charge in [0, 0.05) is 19.5 Å². The fourth-order valence-corrected chi connectivity index (χ4v) is 2.27. The lowest BCUT2D eigenvalue weighted by Crippen LogP contribution is -2.38. The summed E-state index contributed by atoms with van der Waals surface area (Å²) < 4.78 is 5.90. The number of hydrogen-bond donors (Lipinski definition) is 2. The van der Waals surface area contributed by atoms with Crippen LogP contribution in [0.2, 0.25) is 0 Å². The maximum absolute atomic E-state index is 5.90. The van der Waals surface area contributed by atoms with Crippen molar-refractivity contribution < 1.29 is 4.74 Å². The molecule has 0 amide bonds. The van der Waals surface area contributed by atoms with Crippen molar-refractivity contribution >= 4 is 29.9 Å². The molecule has 0 radical (unpaired) electrons. The molecule has 2 N–H and O–H groups in total. The molecule has 4 nitrogen and oxygen atoms in total. The number of fused-ring (bicyclic) bond motifs is 1. The number of unbranched alkanes of at least 4 members (excludes halogenated alkanes) is 1. The Balaban J connectivity index is 0.00000220. The second-order valence-corrected chi connectivity index (χ2v) is 5.05. The summed E-state index contributed by atoms with van der Waals surface area (Å²) in [6.45, 7) is 6.81. The normalized spacial score (nSPS) is 16.7. The van der Waals surface area contributed by atoms with Gasteiger partial charge in [-0.1, -0.05) is 31.5 Å². The predicted molar refractivity (Wildman–Crippen MR) is 98.9 cm³/mol. The monoisotopic (exact) mass is 403 g/mol. The van der Waals surface area contributed by atoms with Gasteiger partial charge < -0.3 is 15.4 Å². The van der Waals surface area contributed by atoms with Crippen molar-refractivity contribution in [2.75, 3.05) is 19.6 Å². The number of halogens is 1. The Morgan fingerprint density at radius 3 is 2.81 bits per heavy atom. The minimum Gasteiger partial charge on any atom is -0.488 e. The first-order valence-corrected chi connectivity index (χ1v) is 7.60. The zero-order chi connectivity index (χ0) is 14.2. The molecular weight excluding hydrogens is 377 g/mol. The second kappa shape index (κ2) is 9.87. The number of nitrogens with one attached hydrogen (secondary N) is 2. The fourth-order valence-electron chi connectivity index (χ4n) is 2.27. The van der Waals surface area contributed by atoms with Crippen LogP contribution in [0.3, 0.4) is 0 Å². The molecule has 0 bridgehead atoms. The van der Waals surface area contributed by atoms with Gasteiger partial charge in [-0.05, 0) is 25.0 Å². The van der Waals surface area contributed by atoms with Gasteiger partial charge in [0.25, 0.3) is 0 Å². The Hall–Kier alpha value is -0.980. The highest BCUT2D eigenvalue weighted by Crippen LogP contribution is 2.28. The van der Waals surface area contributed by atoms with Crippen LogP contribution in [0.25, 0.3) is 0 Å². The van der Waals surface area contributed by atoms with E-state index in [1.807, 2.05) is 12.1 Å². The van der Waals surface area contributed by atoms with Gasteiger partial charge in [0.15, 0.2) is 5.96 Å². The zero-order valence-corrected chi connectivity index (χ0v) is 15.2. The number of rotatable bonds is 6. The Kier molecular flexibility index (Phi) is 8.49. The molecule has 2 rings (SSSR count). The summed E-state index contributed by atoms with van der Waals surface area (Å²) in [6, 6.07) is 8.23. The number of guanidine groups is 1. The highest BCUT2D eigenvalue weighted by molar-refractivity contribution is 14.0. The predicted octanol–water partition coefficient (Wildman–Crippen LogP) is 2.96. The fraction of sp³-hybridized carbons (Fsp3) is 0.562. The molecule has 1 unspecified atom stereocenters. The molecule has 118 valence electrons. The Bertz CT molecular complexity index is 426. The van der Waals surface area contributed by atoms with E-state index in [0.717, 1.165) is 37.6 Å². The molecule has 1 aromatic carbocycles. The van der Waals surface area contributed by atoms with Gasteiger partial charge in [-0.25, -0.2) is 4.99 Å². The smallest absolute Gasteiger partial charge is 0.191 e. The second-order valence-electron chi connectivity index (χ2n) is 5.05. The van der Waals surface area contributed by atoms with E-state index in [1.165, 1.54) is 12.0 Å². The Morgan fingerprint density at radius 1 is 1.29 bits per heavy atom. The van der Waals surface area contributed by atoms with Crippen LogP contribution in [0.5, 0.6) is 5.75 Å². The van der Waals surface area contributed by atoms with Crippen LogP contribution < -0.4 is 15.4 Å². The molecule has 21 heavy (non-hydrogen) atoms. The summed E-state index contributed by atoms with van der Waals surface area (Å²) in [5, 5.41) is 6.62. The van der Waals surface area contributed by atoms with Crippen molar-refractivity contribution in [2.45, 2.75) is 39.2 Å². The highest BCUT2D eigenvalue weighted by atomic mass is 127. The van der Waals surface area contributed by atoms with Gasteiger partial charge in [-0.3, -0.25) is 0 Å². The lowest BCUT2D eigenvalue weighted by Gasteiger charge is -2.13. The third-order valence-electron chi connectivity index (χ3n) is 3.33. The molecular formula is C16H26IN3O. The minimum atomic E-state index is 0.